The van der Waals surface area contributed by atoms with Gasteiger partial charge in [0.05, 0.1) is 20.8 Å². The first-order chi connectivity index (χ1) is 10.6. The number of hydrogen-bond donors (Lipinski definition) is 2. The number of thiocarbonyl (C=S) groups is 1. The first kappa shape index (κ1) is 18.5. The summed E-state index contributed by atoms with van der Waals surface area (Å²) in [6.07, 6.45) is 0.505. The molecule has 0 aliphatic carbocycles. The Labute approximate surface area is 137 Å². The average Bonchev–Trinajstić information content (AvgIpc) is 2.55. The molecule has 0 unspecified atom stereocenters. The van der Waals surface area contributed by atoms with Crippen molar-refractivity contribution in [2.75, 3.05) is 41.5 Å². The van der Waals surface area contributed by atoms with E-state index in [1.54, 1.807) is 28.4 Å². The summed E-state index contributed by atoms with van der Waals surface area (Å²) in [7, 11) is 6.42. The Bertz CT molecular complexity index is 467. The van der Waals surface area contributed by atoms with Gasteiger partial charge in [-0.05, 0) is 36.3 Å². The van der Waals surface area contributed by atoms with Gasteiger partial charge in [0.1, 0.15) is 0 Å². The fourth-order valence-electron chi connectivity index (χ4n) is 1.86. The van der Waals surface area contributed by atoms with Crippen LogP contribution in [0.15, 0.2) is 18.2 Å². The molecule has 7 heteroatoms. The minimum atomic E-state index is -0.314. The maximum Gasteiger partial charge on any atom is 0.174 e. The Morgan fingerprint density at radius 2 is 1.73 bits per heavy atom. The highest BCUT2D eigenvalue weighted by Gasteiger charge is 2.06. The van der Waals surface area contributed by atoms with Crippen molar-refractivity contribution in [3.8, 4) is 11.5 Å². The summed E-state index contributed by atoms with van der Waals surface area (Å²) < 4.78 is 20.6. The Hall–Kier alpha value is -1.57. The van der Waals surface area contributed by atoms with Crippen molar-refractivity contribution in [1.82, 2.24) is 10.6 Å². The molecule has 6 nitrogen and oxygen atoms in total. The zero-order chi connectivity index (χ0) is 16.4. The number of ether oxygens (including phenoxy) is 4. The van der Waals surface area contributed by atoms with Crippen LogP contribution in [0.3, 0.4) is 0 Å². The number of nitrogens with one attached hydrogen (secondary N) is 2. The molecule has 0 aliphatic rings. The summed E-state index contributed by atoms with van der Waals surface area (Å²) in [6.45, 7) is 1.21. The van der Waals surface area contributed by atoms with Crippen molar-refractivity contribution in [2.24, 2.45) is 0 Å². The van der Waals surface area contributed by atoms with E-state index in [-0.39, 0.29) is 6.29 Å². The number of methoxy groups -OCH3 is 4. The molecule has 1 aromatic carbocycles. The predicted octanol–water partition coefficient (Wildman–Crippen LogP) is 1.33. The number of benzene rings is 1. The van der Waals surface area contributed by atoms with Crippen molar-refractivity contribution in [3.63, 3.8) is 0 Å². The molecule has 0 aromatic heterocycles. The Kier molecular flexibility index (Phi) is 8.57. The molecule has 0 atom stereocenters. The van der Waals surface area contributed by atoms with Gasteiger partial charge in [0.2, 0.25) is 0 Å². The van der Waals surface area contributed by atoms with E-state index in [4.69, 9.17) is 31.2 Å². The van der Waals surface area contributed by atoms with Crippen LogP contribution in [0, 0.1) is 0 Å². The molecule has 22 heavy (non-hydrogen) atoms. The maximum atomic E-state index is 5.28. The second-order valence-electron chi connectivity index (χ2n) is 4.48. The van der Waals surface area contributed by atoms with E-state index in [9.17, 15) is 0 Å². The third kappa shape index (κ3) is 6.05. The lowest BCUT2D eigenvalue weighted by atomic mass is 10.1. The van der Waals surface area contributed by atoms with E-state index in [1.807, 2.05) is 18.2 Å². The third-order valence-corrected chi connectivity index (χ3v) is 3.39. The van der Waals surface area contributed by atoms with Gasteiger partial charge in [-0.3, -0.25) is 0 Å². The normalized spacial score (nSPS) is 10.4. The molecule has 2 N–H and O–H groups in total. The SMILES string of the molecule is COc1ccc(CCNC(=S)NCC(OC)OC)cc1OC. The zero-order valence-corrected chi connectivity index (χ0v) is 14.3. The molecular formula is C15H24N2O4S. The van der Waals surface area contributed by atoms with Crippen molar-refractivity contribution in [1.29, 1.82) is 0 Å². The zero-order valence-electron chi connectivity index (χ0n) is 13.5. The molecule has 0 saturated heterocycles. The predicted molar refractivity (Wildman–Crippen MR) is 89.7 cm³/mol. The fraction of sp³-hybridized carbons (Fsp3) is 0.533. The van der Waals surface area contributed by atoms with E-state index in [0.29, 0.717) is 18.2 Å². The van der Waals surface area contributed by atoms with Crippen LogP contribution < -0.4 is 20.1 Å². The van der Waals surface area contributed by atoms with Crippen LogP contribution in [0.1, 0.15) is 5.56 Å². The monoisotopic (exact) mass is 328 g/mol. The second-order valence-corrected chi connectivity index (χ2v) is 4.89. The first-order valence-electron chi connectivity index (χ1n) is 6.92. The Morgan fingerprint density at radius 1 is 1.05 bits per heavy atom. The number of hydrogen-bond acceptors (Lipinski definition) is 5. The lowest BCUT2D eigenvalue weighted by Gasteiger charge is -2.16. The van der Waals surface area contributed by atoms with Crippen LogP contribution in [0.25, 0.3) is 0 Å². The highest BCUT2D eigenvalue weighted by atomic mass is 32.1. The largest absolute Gasteiger partial charge is 0.493 e. The van der Waals surface area contributed by atoms with Gasteiger partial charge in [-0.25, -0.2) is 0 Å². The lowest BCUT2D eigenvalue weighted by Crippen LogP contribution is -2.41. The summed E-state index contributed by atoms with van der Waals surface area (Å²) in [4.78, 5) is 0. The molecular weight excluding hydrogens is 304 g/mol. The van der Waals surface area contributed by atoms with E-state index in [1.165, 1.54) is 0 Å². The van der Waals surface area contributed by atoms with Gasteiger partial charge in [0.25, 0.3) is 0 Å². The van der Waals surface area contributed by atoms with Crippen LogP contribution in [0.5, 0.6) is 11.5 Å². The van der Waals surface area contributed by atoms with Gasteiger partial charge in [-0.1, -0.05) is 6.07 Å². The molecule has 0 radical (unpaired) electrons. The van der Waals surface area contributed by atoms with E-state index >= 15 is 0 Å². The lowest BCUT2D eigenvalue weighted by molar-refractivity contribution is -0.0965. The van der Waals surface area contributed by atoms with Crippen molar-refractivity contribution < 1.29 is 18.9 Å². The number of rotatable bonds is 9. The smallest absolute Gasteiger partial charge is 0.174 e. The maximum absolute atomic E-state index is 5.28. The summed E-state index contributed by atoms with van der Waals surface area (Å²) in [6, 6.07) is 5.86. The fourth-order valence-corrected chi connectivity index (χ4v) is 2.04. The van der Waals surface area contributed by atoms with Crippen LogP contribution in [0.4, 0.5) is 0 Å². The molecule has 0 spiro atoms. The third-order valence-electron chi connectivity index (χ3n) is 3.10. The van der Waals surface area contributed by atoms with Crippen molar-refractivity contribution >= 4 is 17.3 Å². The molecule has 0 fully saturated rings. The van der Waals surface area contributed by atoms with E-state index in [0.717, 1.165) is 23.5 Å². The molecule has 0 bridgehead atoms. The van der Waals surface area contributed by atoms with Gasteiger partial charge in [0.15, 0.2) is 22.9 Å². The minimum absolute atomic E-state index is 0.314. The Morgan fingerprint density at radius 3 is 2.32 bits per heavy atom. The molecule has 1 rings (SSSR count). The van der Waals surface area contributed by atoms with Gasteiger partial charge in [0, 0.05) is 20.8 Å². The summed E-state index contributed by atoms with van der Waals surface area (Å²) in [5, 5.41) is 6.74. The molecule has 0 aliphatic heterocycles. The van der Waals surface area contributed by atoms with Gasteiger partial charge in [-0.2, -0.15) is 0 Å². The molecule has 0 heterocycles. The summed E-state index contributed by atoms with van der Waals surface area (Å²) in [5.41, 5.74) is 1.14. The molecule has 0 saturated carbocycles. The van der Waals surface area contributed by atoms with Gasteiger partial charge >= 0.3 is 0 Å². The first-order valence-corrected chi connectivity index (χ1v) is 7.33. The Balaban J connectivity index is 2.36. The van der Waals surface area contributed by atoms with Crippen LogP contribution >= 0.6 is 12.2 Å². The van der Waals surface area contributed by atoms with Crippen LogP contribution in [-0.4, -0.2) is 52.9 Å². The summed E-state index contributed by atoms with van der Waals surface area (Å²) >= 11 is 5.19. The van der Waals surface area contributed by atoms with E-state index in [2.05, 4.69) is 10.6 Å². The van der Waals surface area contributed by atoms with Crippen molar-refractivity contribution in [2.45, 2.75) is 12.7 Å². The summed E-state index contributed by atoms with van der Waals surface area (Å²) in [5.74, 6) is 1.45. The molecule has 1 aromatic rings. The van der Waals surface area contributed by atoms with Gasteiger partial charge in [-0.15, -0.1) is 0 Å². The highest BCUT2D eigenvalue weighted by molar-refractivity contribution is 7.80. The minimum Gasteiger partial charge on any atom is -0.493 e. The van der Waals surface area contributed by atoms with Crippen LogP contribution in [0.2, 0.25) is 0 Å². The van der Waals surface area contributed by atoms with Crippen molar-refractivity contribution in [3.05, 3.63) is 23.8 Å². The van der Waals surface area contributed by atoms with E-state index < -0.39 is 0 Å². The van der Waals surface area contributed by atoms with Gasteiger partial charge < -0.3 is 29.6 Å². The average molecular weight is 328 g/mol. The topological polar surface area (TPSA) is 61.0 Å². The molecule has 0 amide bonds. The highest BCUT2D eigenvalue weighted by Crippen LogP contribution is 2.27. The quantitative estimate of drug-likeness (QED) is 0.524. The second kappa shape index (κ2) is 10.2. The van der Waals surface area contributed by atoms with Crippen LogP contribution in [-0.2, 0) is 15.9 Å². The standard InChI is InChI=1S/C15H24N2O4S/c1-18-12-6-5-11(9-13(12)19-2)7-8-16-15(22)17-10-14(20-3)21-4/h5-6,9,14H,7-8,10H2,1-4H3,(H2,16,17,22). The molecule has 124 valence electrons.